The minimum Gasteiger partial charge on any atom is -0.465 e. The zero-order valence-electron chi connectivity index (χ0n) is 24.3. The number of carbonyl (C=O) groups excluding carboxylic acids is 1. The maximum atomic E-state index is 12.5. The van der Waals surface area contributed by atoms with Crippen molar-refractivity contribution in [1.82, 2.24) is 15.1 Å². The van der Waals surface area contributed by atoms with E-state index in [1.54, 1.807) is 6.26 Å². The summed E-state index contributed by atoms with van der Waals surface area (Å²) in [6.45, 7) is 6.74. The average Bonchev–Trinajstić information content (AvgIpc) is 3.20. The predicted molar refractivity (Wildman–Crippen MR) is 150 cm³/mol. The largest absolute Gasteiger partial charge is 0.465 e. The zero-order valence-corrected chi connectivity index (χ0v) is 24.3. The Morgan fingerprint density at radius 3 is 2.51 bits per heavy atom. The van der Waals surface area contributed by atoms with E-state index in [2.05, 4.69) is 19.2 Å². The molecule has 2 amide bonds. The van der Waals surface area contributed by atoms with E-state index in [1.807, 2.05) is 11.0 Å². The highest BCUT2D eigenvalue weighted by atomic mass is 16.4. The second-order valence-electron chi connectivity index (χ2n) is 14.1. The Hall–Kier alpha value is -2.43. The van der Waals surface area contributed by atoms with Crippen LogP contribution < -0.4 is 10.9 Å². The topological polar surface area (TPSA) is 144 Å². The van der Waals surface area contributed by atoms with Crippen LogP contribution >= 0.6 is 0 Å². The molecule has 0 bridgehead atoms. The Morgan fingerprint density at radius 2 is 1.80 bits per heavy atom. The molecule has 10 heteroatoms. The summed E-state index contributed by atoms with van der Waals surface area (Å²) < 4.78 is 5.20. The lowest BCUT2D eigenvalue weighted by atomic mass is 9.41. The van der Waals surface area contributed by atoms with E-state index in [-0.39, 0.29) is 47.3 Å². The third-order valence-corrected chi connectivity index (χ3v) is 12.6. The van der Waals surface area contributed by atoms with Crippen LogP contribution in [0.1, 0.15) is 83.1 Å². The van der Waals surface area contributed by atoms with Crippen LogP contribution in [0.5, 0.6) is 0 Å². The Morgan fingerprint density at radius 1 is 1.05 bits per heavy atom. The van der Waals surface area contributed by atoms with Crippen LogP contribution in [0, 0.1) is 22.7 Å². The molecule has 8 atom stereocenters. The molecule has 6 rings (SSSR count). The molecule has 10 nitrogen and oxygen atoms in total. The van der Waals surface area contributed by atoms with E-state index >= 15 is 0 Å². The summed E-state index contributed by atoms with van der Waals surface area (Å²) in [7, 11) is 0. The molecular weight excluding hydrogens is 526 g/mol. The number of nitrogens with zero attached hydrogens (tertiary/aromatic N) is 2. The second kappa shape index (κ2) is 10.1. The molecule has 0 aromatic carbocycles. The van der Waals surface area contributed by atoms with Crippen LogP contribution in [-0.4, -0.2) is 87.1 Å². The number of carbonyl (C=O) groups is 2. The number of carboxylic acid groups (broad SMARTS) is 1. The van der Waals surface area contributed by atoms with E-state index in [4.69, 9.17) is 4.42 Å². The SMILES string of the molecule is C[C@]12CC[C@H](N(CCN3CCNC(=O)C3)C(=O)O)C[C@@]1(O)CC[C@@H]1[C@@H]2CC[C@]2(C)[C@@H](c3ccc(=O)oc3)CC[C@]12O. The lowest BCUT2D eigenvalue weighted by Crippen LogP contribution is -2.68. The van der Waals surface area contributed by atoms with E-state index in [0.717, 1.165) is 24.8 Å². The van der Waals surface area contributed by atoms with Gasteiger partial charge in [0.25, 0.3) is 0 Å². The van der Waals surface area contributed by atoms with Gasteiger partial charge < -0.3 is 30.0 Å². The van der Waals surface area contributed by atoms with Crippen molar-refractivity contribution in [2.24, 2.45) is 22.7 Å². The first-order chi connectivity index (χ1) is 19.4. The first-order valence-electron chi connectivity index (χ1n) is 15.4. The van der Waals surface area contributed by atoms with Crippen molar-refractivity contribution in [3.63, 3.8) is 0 Å². The maximum absolute atomic E-state index is 12.5. The molecule has 0 radical (unpaired) electrons. The van der Waals surface area contributed by atoms with Gasteiger partial charge in [-0.15, -0.1) is 0 Å². The van der Waals surface area contributed by atoms with Crippen molar-refractivity contribution in [1.29, 1.82) is 0 Å². The van der Waals surface area contributed by atoms with E-state index < -0.39 is 22.7 Å². The van der Waals surface area contributed by atoms with Crippen LogP contribution in [0.15, 0.2) is 27.6 Å². The van der Waals surface area contributed by atoms with Crippen molar-refractivity contribution in [3.8, 4) is 0 Å². The predicted octanol–water partition coefficient (Wildman–Crippen LogP) is 2.78. The summed E-state index contributed by atoms with van der Waals surface area (Å²) in [5, 5.41) is 37.7. The Balaban J connectivity index is 1.19. The molecule has 1 aliphatic heterocycles. The van der Waals surface area contributed by atoms with E-state index in [0.29, 0.717) is 64.7 Å². The molecule has 1 aromatic rings. The van der Waals surface area contributed by atoms with Crippen LogP contribution in [0.4, 0.5) is 4.79 Å². The fourth-order valence-corrected chi connectivity index (χ4v) is 10.1. The van der Waals surface area contributed by atoms with Gasteiger partial charge in [-0.2, -0.15) is 0 Å². The number of rotatable bonds is 5. The van der Waals surface area contributed by atoms with Crippen LogP contribution in [0.2, 0.25) is 0 Å². The lowest BCUT2D eigenvalue weighted by molar-refractivity contribution is -0.249. The molecule has 41 heavy (non-hydrogen) atoms. The van der Waals surface area contributed by atoms with Crippen LogP contribution in [0.3, 0.4) is 0 Å². The summed E-state index contributed by atoms with van der Waals surface area (Å²) in [6.07, 6.45) is 6.88. The molecule has 5 aliphatic rings. The molecule has 1 saturated heterocycles. The summed E-state index contributed by atoms with van der Waals surface area (Å²) in [6, 6.07) is 3.03. The van der Waals surface area contributed by atoms with Crippen molar-refractivity contribution >= 4 is 12.0 Å². The third kappa shape index (κ3) is 4.43. The van der Waals surface area contributed by atoms with Crippen molar-refractivity contribution in [2.75, 3.05) is 32.7 Å². The number of nitrogens with one attached hydrogen (secondary N) is 1. The maximum Gasteiger partial charge on any atom is 0.407 e. The molecule has 226 valence electrons. The standard InChI is InChI=1S/C31H45N3O7/c1-28-9-5-21(34(27(37)38)16-15-33-14-13-32-25(35)18-33)17-30(28,39)11-7-24-23(28)6-10-29(2)22(8-12-31(24,29)40)20-3-4-26(36)41-19-20/h3-4,19,21-24,39-40H,5-18H2,1-2H3,(H,32,35)(H,37,38)/t21-,22+,23-,24+,28+,29+,30-,31-/m0/s1. The lowest BCUT2D eigenvalue weighted by Gasteiger charge is -2.66. The molecule has 0 unspecified atom stereocenters. The molecule has 4 aliphatic carbocycles. The fourth-order valence-electron chi connectivity index (χ4n) is 10.1. The summed E-state index contributed by atoms with van der Waals surface area (Å²) >= 11 is 0. The first-order valence-corrected chi connectivity index (χ1v) is 15.4. The summed E-state index contributed by atoms with van der Waals surface area (Å²) in [4.78, 5) is 39.2. The van der Waals surface area contributed by atoms with Crippen molar-refractivity contribution < 1.29 is 29.3 Å². The minimum absolute atomic E-state index is 0.0354. The van der Waals surface area contributed by atoms with Gasteiger partial charge >= 0.3 is 11.7 Å². The minimum atomic E-state index is -0.999. The molecule has 2 heterocycles. The fraction of sp³-hybridized carbons (Fsp3) is 0.774. The van der Waals surface area contributed by atoms with Gasteiger partial charge in [0.15, 0.2) is 0 Å². The molecular formula is C31H45N3O7. The van der Waals surface area contributed by atoms with Crippen LogP contribution in [-0.2, 0) is 4.79 Å². The number of aliphatic hydroxyl groups is 2. The summed E-state index contributed by atoms with van der Waals surface area (Å²) in [5.74, 6) is 0.284. The number of amides is 2. The van der Waals surface area contributed by atoms with E-state index in [9.17, 15) is 29.7 Å². The second-order valence-corrected chi connectivity index (χ2v) is 14.1. The number of piperazine rings is 1. The van der Waals surface area contributed by atoms with Gasteiger partial charge in [-0.1, -0.05) is 13.8 Å². The molecule has 4 N–H and O–H groups in total. The van der Waals surface area contributed by atoms with Crippen molar-refractivity contribution in [2.45, 2.75) is 94.8 Å². The molecule has 4 saturated carbocycles. The van der Waals surface area contributed by atoms with Gasteiger partial charge in [-0.25, -0.2) is 9.59 Å². The highest BCUT2D eigenvalue weighted by Crippen LogP contribution is 2.71. The van der Waals surface area contributed by atoms with Crippen molar-refractivity contribution in [3.05, 3.63) is 34.4 Å². The monoisotopic (exact) mass is 571 g/mol. The third-order valence-electron chi connectivity index (χ3n) is 12.6. The average molecular weight is 572 g/mol. The highest BCUT2D eigenvalue weighted by molar-refractivity contribution is 5.78. The van der Waals surface area contributed by atoms with E-state index in [1.165, 1.54) is 11.0 Å². The highest BCUT2D eigenvalue weighted by Gasteiger charge is 2.70. The van der Waals surface area contributed by atoms with Gasteiger partial charge in [-0.3, -0.25) is 9.69 Å². The summed E-state index contributed by atoms with van der Waals surface area (Å²) in [5.41, 5.74) is -2.02. The Labute approximate surface area is 241 Å². The Bertz CT molecular complexity index is 1230. The number of fused-ring (bicyclic) bond motifs is 5. The normalized spacial score (nSPS) is 42.5. The first kappa shape index (κ1) is 28.7. The zero-order chi connectivity index (χ0) is 29.2. The number of hydrogen-bond donors (Lipinski definition) is 4. The van der Waals surface area contributed by atoms with Gasteiger partial charge in [-0.05, 0) is 92.6 Å². The smallest absolute Gasteiger partial charge is 0.407 e. The van der Waals surface area contributed by atoms with Gasteiger partial charge in [0, 0.05) is 43.7 Å². The van der Waals surface area contributed by atoms with Gasteiger partial charge in [0.2, 0.25) is 5.91 Å². The van der Waals surface area contributed by atoms with Gasteiger partial charge in [0.05, 0.1) is 24.0 Å². The quantitative estimate of drug-likeness (QED) is 0.423. The molecule has 5 fully saturated rings. The van der Waals surface area contributed by atoms with Crippen LogP contribution in [0.25, 0.3) is 0 Å². The Kier molecular flexibility index (Phi) is 7.06. The molecule has 0 spiro atoms. The number of hydrogen-bond acceptors (Lipinski definition) is 7. The van der Waals surface area contributed by atoms with Gasteiger partial charge in [0.1, 0.15) is 0 Å². The molecule has 1 aromatic heterocycles.